The summed E-state index contributed by atoms with van der Waals surface area (Å²) in [6, 6.07) is 14.7. The lowest BCUT2D eigenvalue weighted by Gasteiger charge is -2.22. The molecule has 1 saturated heterocycles. The van der Waals surface area contributed by atoms with Crippen molar-refractivity contribution in [3.05, 3.63) is 53.6 Å². The Bertz CT molecular complexity index is 702. The van der Waals surface area contributed by atoms with Gasteiger partial charge >= 0.3 is 5.97 Å². The molecule has 0 bridgehead atoms. The number of hydrogen-bond acceptors (Lipinski definition) is 4. The Morgan fingerprint density at radius 1 is 1.08 bits per heavy atom. The molecular formula is C19H20ClNO4. The predicted octanol–water partition coefficient (Wildman–Crippen LogP) is 4.06. The van der Waals surface area contributed by atoms with E-state index in [1.807, 2.05) is 41.3 Å². The van der Waals surface area contributed by atoms with Crippen LogP contribution in [0.1, 0.15) is 12.8 Å². The molecule has 0 amide bonds. The fraction of sp³-hybridized carbons (Fsp3) is 0.316. The maximum absolute atomic E-state index is 10.9. The van der Waals surface area contributed by atoms with E-state index in [-0.39, 0.29) is 12.6 Å². The van der Waals surface area contributed by atoms with Gasteiger partial charge in [-0.2, -0.15) is 0 Å². The molecule has 0 unspecified atom stereocenters. The van der Waals surface area contributed by atoms with Crippen LogP contribution in [0, 0.1) is 0 Å². The van der Waals surface area contributed by atoms with Crippen molar-refractivity contribution in [3.63, 3.8) is 0 Å². The van der Waals surface area contributed by atoms with E-state index in [0.29, 0.717) is 23.1 Å². The van der Waals surface area contributed by atoms with E-state index in [0.717, 1.165) is 25.1 Å². The highest BCUT2D eigenvalue weighted by Gasteiger charge is 2.26. The number of rotatable bonds is 7. The van der Waals surface area contributed by atoms with Crippen molar-refractivity contribution in [2.24, 2.45) is 0 Å². The summed E-state index contributed by atoms with van der Waals surface area (Å²) in [4.78, 5) is 12.8. The zero-order chi connectivity index (χ0) is 17.6. The summed E-state index contributed by atoms with van der Waals surface area (Å²) < 4.78 is 11.6. The quantitative estimate of drug-likeness (QED) is 0.805. The van der Waals surface area contributed by atoms with Crippen LogP contribution in [-0.2, 0) is 4.79 Å². The summed E-state index contributed by atoms with van der Waals surface area (Å²) in [5.74, 6) is 1.37. The molecule has 1 aliphatic rings. The van der Waals surface area contributed by atoms with Crippen molar-refractivity contribution in [3.8, 4) is 17.2 Å². The molecule has 3 rings (SSSR count). The van der Waals surface area contributed by atoms with E-state index < -0.39 is 5.97 Å². The average molecular weight is 362 g/mol. The maximum atomic E-state index is 10.9. The Morgan fingerprint density at radius 3 is 2.32 bits per heavy atom. The summed E-state index contributed by atoms with van der Waals surface area (Å²) in [7, 11) is 0. The van der Waals surface area contributed by atoms with Gasteiger partial charge in [-0.3, -0.25) is 9.69 Å². The number of halogens is 1. The number of carboxylic acid groups (broad SMARTS) is 1. The first kappa shape index (κ1) is 17.6. The van der Waals surface area contributed by atoms with E-state index in [1.165, 1.54) is 0 Å². The number of aliphatic carboxylic acids is 1. The van der Waals surface area contributed by atoms with E-state index in [2.05, 4.69) is 0 Å². The predicted molar refractivity (Wildman–Crippen MR) is 95.7 cm³/mol. The normalized spacial score (nSPS) is 17.4. The molecule has 0 spiro atoms. The van der Waals surface area contributed by atoms with Crippen molar-refractivity contribution in [2.75, 3.05) is 19.7 Å². The first-order valence-electron chi connectivity index (χ1n) is 8.22. The van der Waals surface area contributed by atoms with Gasteiger partial charge in [0, 0.05) is 11.1 Å². The molecule has 25 heavy (non-hydrogen) atoms. The molecule has 1 N–H and O–H groups in total. The van der Waals surface area contributed by atoms with Crippen LogP contribution in [0.15, 0.2) is 48.5 Å². The smallest absolute Gasteiger partial charge is 0.317 e. The minimum absolute atomic E-state index is 0.0713. The van der Waals surface area contributed by atoms with Gasteiger partial charge in [0.2, 0.25) is 0 Å². The first-order chi connectivity index (χ1) is 12.1. The molecule has 6 heteroatoms. The molecule has 132 valence electrons. The summed E-state index contributed by atoms with van der Waals surface area (Å²) in [6.45, 7) is 1.38. The molecule has 1 fully saturated rings. The van der Waals surface area contributed by atoms with Crippen molar-refractivity contribution in [2.45, 2.75) is 18.9 Å². The van der Waals surface area contributed by atoms with Gasteiger partial charge in [-0.25, -0.2) is 0 Å². The Balaban J connectivity index is 1.52. The number of hydrogen-bond donors (Lipinski definition) is 1. The lowest BCUT2D eigenvalue weighted by atomic mass is 10.2. The summed E-state index contributed by atoms with van der Waals surface area (Å²) in [5.41, 5.74) is 0. The second-order valence-electron chi connectivity index (χ2n) is 6.00. The molecule has 0 radical (unpaired) electrons. The second-order valence-corrected chi connectivity index (χ2v) is 6.44. The Kier molecular flexibility index (Phi) is 5.79. The van der Waals surface area contributed by atoms with Crippen molar-refractivity contribution < 1.29 is 19.4 Å². The Labute approximate surface area is 151 Å². The summed E-state index contributed by atoms with van der Waals surface area (Å²) in [6.07, 6.45) is 1.97. The highest BCUT2D eigenvalue weighted by molar-refractivity contribution is 6.30. The molecule has 2 aromatic rings. The van der Waals surface area contributed by atoms with Crippen LogP contribution < -0.4 is 9.47 Å². The molecule has 5 nitrogen and oxygen atoms in total. The van der Waals surface area contributed by atoms with Crippen LogP contribution in [0.4, 0.5) is 0 Å². The highest BCUT2D eigenvalue weighted by atomic mass is 35.5. The van der Waals surface area contributed by atoms with Crippen LogP contribution in [0.3, 0.4) is 0 Å². The molecular weight excluding hydrogens is 342 g/mol. The number of ether oxygens (including phenoxy) is 2. The largest absolute Gasteiger partial charge is 0.492 e. The van der Waals surface area contributed by atoms with Gasteiger partial charge < -0.3 is 14.6 Å². The lowest BCUT2D eigenvalue weighted by molar-refractivity contribution is -0.138. The van der Waals surface area contributed by atoms with Crippen molar-refractivity contribution in [1.29, 1.82) is 0 Å². The topological polar surface area (TPSA) is 59.0 Å². The van der Waals surface area contributed by atoms with Gasteiger partial charge in [0.15, 0.2) is 0 Å². The maximum Gasteiger partial charge on any atom is 0.317 e. The number of benzene rings is 2. The lowest BCUT2D eigenvalue weighted by Crippen LogP contribution is -2.37. The monoisotopic (exact) mass is 361 g/mol. The zero-order valence-corrected chi connectivity index (χ0v) is 14.5. The van der Waals surface area contributed by atoms with Gasteiger partial charge in [-0.1, -0.05) is 11.6 Å². The molecule has 0 aliphatic carbocycles. The summed E-state index contributed by atoms with van der Waals surface area (Å²) in [5, 5.41) is 9.61. The van der Waals surface area contributed by atoms with Crippen molar-refractivity contribution in [1.82, 2.24) is 4.90 Å². The Hall–Kier alpha value is -2.24. The van der Waals surface area contributed by atoms with Gasteiger partial charge in [0.1, 0.15) is 23.9 Å². The second kappa shape index (κ2) is 8.23. The minimum atomic E-state index is -0.796. The van der Waals surface area contributed by atoms with Crippen LogP contribution in [-0.4, -0.2) is 41.7 Å². The Morgan fingerprint density at radius 2 is 1.68 bits per heavy atom. The molecule has 1 heterocycles. The SMILES string of the molecule is O=C(O)CN1CCC[C@@H]1COc1ccc(Oc2ccc(Cl)cc2)cc1. The zero-order valence-electron chi connectivity index (χ0n) is 13.7. The van der Waals surface area contributed by atoms with Crippen LogP contribution in [0.5, 0.6) is 17.2 Å². The molecule has 0 aromatic heterocycles. The fourth-order valence-electron chi connectivity index (χ4n) is 2.90. The first-order valence-corrected chi connectivity index (χ1v) is 8.60. The third kappa shape index (κ3) is 5.11. The molecule has 1 aliphatic heterocycles. The molecule has 2 aromatic carbocycles. The van der Waals surface area contributed by atoms with Crippen LogP contribution in [0.2, 0.25) is 5.02 Å². The highest BCUT2D eigenvalue weighted by Crippen LogP contribution is 2.25. The van der Waals surface area contributed by atoms with E-state index in [4.69, 9.17) is 26.2 Å². The van der Waals surface area contributed by atoms with Crippen LogP contribution >= 0.6 is 11.6 Å². The minimum Gasteiger partial charge on any atom is -0.492 e. The van der Waals surface area contributed by atoms with E-state index in [9.17, 15) is 4.79 Å². The number of likely N-dealkylation sites (tertiary alicyclic amines) is 1. The van der Waals surface area contributed by atoms with Crippen molar-refractivity contribution >= 4 is 17.6 Å². The third-order valence-electron chi connectivity index (χ3n) is 4.15. The van der Waals surface area contributed by atoms with Gasteiger partial charge in [-0.15, -0.1) is 0 Å². The standard InChI is InChI=1S/C19H20ClNO4/c20-14-3-5-17(6-4-14)25-18-9-7-16(8-10-18)24-13-15-2-1-11-21(15)12-19(22)23/h3-10,15H,1-2,11-13H2,(H,22,23)/t15-/m1/s1. The van der Waals surface area contributed by atoms with Gasteiger partial charge in [0.25, 0.3) is 0 Å². The van der Waals surface area contributed by atoms with Gasteiger partial charge in [-0.05, 0) is 67.9 Å². The number of carboxylic acids is 1. The third-order valence-corrected chi connectivity index (χ3v) is 4.40. The molecule has 1 atom stereocenters. The number of nitrogens with zero attached hydrogens (tertiary/aromatic N) is 1. The summed E-state index contributed by atoms with van der Waals surface area (Å²) >= 11 is 5.85. The molecule has 0 saturated carbocycles. The van der Waals surface area contributed by atoms with E-state index >= 15 is 0 Å². The van der Waals surface area contributed by atoms with Gasteiger partial charge in [0.05, 0.1) is 6.54 Å². The number of carbonyl (C=O) groups is 1. The fourth-order valence-corrected chi connectivity index (χ4v) is 3.03. The van der Waals surface area contributed by atoms with Crippen LogP contribution in [0.25, 0.3) is 0 Å². The van der Waals surface area contributed by atoms with E-state index in [1.54, 1.807) is 12.1 Å². The average Bonchev–Trinajstić information content (AvgIpc) is 3.03.